The van der Waals surface area contributed by atoms with E-state index >= 15 is 0 Å². The zero-order valence-electron chi connectivity index (χ0n) is 10.4. The van der Waals surface area contributed by atoms with E-state index in [-0.39, 0.29) is 18.1 Å². The van der Waals surface area contributed by atoms with Gasteiger partial charge in [-0.05, 0) is 19.8 Å². The van der Waals surface area contributed by atoms with Crippen molar-refractivity contribution in [3.05, 3.63) is 0 Å². The van der Waals surface area contributed by atoms with E-state index in [9.17, 15) is 4.79 Å². The molecule has 0 aliphatic carbocycles. The first-order valence-electron chi connectivity index (χ1n) is 5.86. The smallest absolute Gasteiger partial charge is 0.249 e. The van der Waals surface area contributed by atoms with Crippen LogP contribution in [0.4, 0.5) is 0 Å². The Bertz CT molecular complexity index is 278. The number of carbonyl (C=O) groups excluding carboxylic acids is 1. The molecule has 1 fully saturated rings. The molecule has 1 saturated heterocycles. The molecule has 0 aromatic rings. The summed E-state index contributed by atoms with van der Waals surface area (Å²) in [6, 6.07) is 0.239. The van der Waals surface area contributed by atoms with Crippen LogP contribution in [0.15, 0.2) is 0 Å². The topological polar surface area (TPSA) is 67.6 Å². The van der Waals surface area contributed by atoms with Crippen LogP contribution in [0.25, 0.3) is 0 Å². The number of thiocarbonyl (C=S) groups is 1. The van der Waals surface area contributed by atoms with Crippen molar-refractivity contribution in [2.75, 3.05) is 26.7 Å². The Kier molecular flexibility index (Phi) is 5.80. The molecule has 0 aromatic heterocycles. The number of carbonyl (C=O) groups is 1. The Morgan fingerprint density at radius 1 is 1.59 bits per heavy atom. The van der Waals surface area contributed by atoms with Gasteiger partial charge in [0.25, 0.3) is 0 Å². The molecule has 17 heavy (non-hydrogen) atoms. The lowest BCUT2D eigenvalue weighted by Gasteiger charge is -2.32. The number of nitrogens with zero attached hydrogens (tertiary/aromatic N) is 1. The van der Waals surface area contributed by atoms with Crippen LogP contribution in [-0.2, 0) is 9.53 Å². The molecule has 1 aliphatic heterocycles. The predicted octanol–water partition coefficient (Wildman–Crippen LogP) is -0.112. The molecule has 98 valence electrons. The summed E-state index contributed by atoms with van der Waals surface area (Å²) in [5.41, 5.74) is 5.50. The first-order chi connectivity index (χ1) is 8.02. The number of nitrogens with one attached hydrogen (secondary N) is 1. The molecule has 5 nitrogen and oxygen atoms in total. The summed E-state index contributed by atoms with van der Waals surface area (Å²) in [7, 11) is 1.54. The van der Waals surface area contributed by atoms with Crippen molar-refractivity contribution >= 4 is 23.1 Å². The number of hydrogen-bond acceptors (Lipinski definition) is 4. The molecule has 6 heteroatoms. The number of piperidine rings is 1. The first-order valence-corrected chi connectivity index (χ1v) is 6.27. The molecule has 1 amide bonds. The molecular formula is C11H21N3O2S. The lowest BCUT2D eigenvalue weighted by atomic mass is 10.0. The van der Waals surface area contributed by atoms with Gasteiger partial charge in [-0.15, -0.1) is 0 Å². The van der Waals surface area contributed by atoms with Crippen molar-refractivity contribution in [1.82, 2.24) is 10.2 Å². The fraction of sp³-hybridized carbons (Fsp3) is 0.818. The molecule has 1 aliphatic rings. The average molecular weight is 259 g/mol. The van der Waals surface area contributed by atoms with Crippen molar-refractivity contribution in [3.63, 3.8) is 0 Å². The van der Waals surface area contributed by atoms with Gasteiger partial charge in [0.15, 0.2) is 0 Å². The lowest BCUT2D eigenvalue weighted by molar-refractivity contribution is -0.131. The third kappa shape index (κ3) is 4.97. The van der Waals surface area contributed by atoms with Crippen molar-refractivity contribution in [3.8, 4) is 0 Å². The van der Waals surface area contributed by atoms with E-state index in [4.69, 9.17) is 22.7 Å². The Labute approximate surface area is 108 Å². The van der Waals surface area contributed by atoms with Crippen LogP contribution in [0.1, 0.15) is 19.8 Å². The maximum Gasteiger partial charge on any atom is 0.249 e. The van der Waals surface area contributed by atoms with E-state index in [1.165, 1.54) is 7.11 Å². The minimum Gasteiger partial charge on any atom is -0.392 e. The number of methoxy groups -OCH3 is 1. The lowest BCUT2D eigenvalue weighted by Crippen LogP contribution is -2.48. The van der Waals surface area contributed by atoms with Crippen LogP contribution in [0, 0.1) is 0 Å². The molecule has 1 unspecified atom stereocenters. The number of rotatable bonds is 5. The van der Waals surface area contributed by atoms with Crippen LogP contribution in [0.2, 0.25) is 0 Å². The summed E-state index contributed by atoms with van der Waals surface area (Å²) < 4.78 is 4.97. The van der Waals surface area contributed by atoms with Crippen LogP contribution >= 0.6 is 12.2 Å². The van der Waals surface area contributed by atoms with E-state index in [0.29, 0.717) is 11.5 Å². The summed E-state index contributed by atoms with van der Waals surface area (Å²) in [5, 5.41) is 2.99. The van der Waals surface area contributed by atoms with Gasteiger partial charge in [0.2, 0.25) is 5.91 Å². The monoisotopic (exact) mass is 259 g/mol. The largest absolute Gasteiger partial charge is 0.392 e. The maximum atomic E-state index is 11.6. The molecule has 0 aromatic carbocycles. The summed E-state index contributed by atoms with van der Waals surface area (Å²) in [4.78, 5) is 14.4. The van der Waals surface area contributed by atoms with Gasteiger partial charge in [-0.3, -0.25) is 9.69 Å². The summed E-state index contributed by atoms with van der Waals surface area (Å²) >= 11 is 4.88. The van der Waals surface area contributed by atoms with E-state index in [2.05, 4.69) is 10.2 Å². The normalized spacial score (nSPS) is 19.9. The molecule has 0 radical (unpaired) electrons. The third-order valence-corrected chi connectivity index (χ3v) is 3.17. The van der Waals surface area contributed by atoms with E-state index in [1.807, 2.05) is 0 Å². The fourth-order valence-corrected chi connectivity index (χ4v) is 2.06. The van der Waals surface area contributed by atoms with Gasteiger partial charge in [0, 0.05) is 32.8 Å². The number of nitrogens with two attached hydrogens (primary N) is 1. The van der Waals surface area contributed by atoms with Gasteiger partial charge in [-0.25, -0.2) is 0 Å². The fourth-order valence-electron chi connectivity index (χ4n) is 1.88. The molecule has 3 N–H and O–H groups in total. The highest BCUT2D eigenvalue weighted by Crippen LogP contribution is 2.10. The highest BCUT2D eigenvalue weighted by atomic mass is 32.1. The Morgan fingerprint density at radius 2 is 2.18 bits per heavy atom. The van der Waals surface area contributed by atoms with Crippen molar-refractivity contribution in [1.29, 1.82) is 0 Å². The molecule has 1 atom stereocenters. The zero-order valence-corrected chi connectivity index (χ0v) is 11.3. The van der Waals surface area contributed by atoms with E-state index in [1.54, 1.807) is 6.92 Å². The molecule has 1 heterocycles. The predicted molar refractivity (Wildman–Crippen MR) is 70.9 cm³/mol. The van der Waals surface area contributed by atoms with Gasteiger partial charge < -0.3 is 15.8 Å². The summed E-state index contributed by atoms with van der Waals surface area (Å²) in [6.07, 6.45) is 1.49. The minimum absolute atomic E-state index is 0.0414. The molecular weight excluding hydrogens is 238 g/mol. The van der Waals surface area contributed by atoms with Crippen molar-refractivity contribution < 1.29 is 9.53 Å². The summed E-state index contributed by atoms with van der Waals surface area (Å²) in [6.45, 7) is 4.26. The van der Waals surface area contributed by atoms with E-state index in [0.717, 1.165) is 25.9 Å². The average Bonchev–Trinajstić information content (AvgIpc) is 2.30. The highest BCUT2D eigenvalue weighted by Gasteiger charge is 2.22. The van der Waals surface area contributed by atoms with Crippen LogP contribution in [0.5, 0.6) is 0 Å². The standard InChI is InChI=1S/C11H21N3O2S/c1-8(16-2)11(15)13-9-3-5-14(6-4-9)7-10(12)17/h8-9H,3-7H2,1-2H3,(H2,12,17)(H,13,15). The van der Waals surface area contributed by atoms with Gasteiger partial charge in [0.1, 0.15) is 6.10 Å². The molecule has 0 saturated carbocycles. The van der Waals surface area contributed by atoms with Crippen LogP contribution < -0.4 is 11.1 Å². The molecule has 1 rings (SSSR count). The molecule has 0 spiro atoms. The van der Waals surface area contributed by atoms with Gasteiger partial charge >= 0.3 is 0 Å². The Balaban J connectivity index is 2.27. The molecule has 0 bridgehead atoms. The van der Waals surface area contributed by atoms with E-state index < -0.39 is 0 Å². The number of ether oxygens (including phenoxy) is 1. The van der Waals surface area contributed by atoms with Gasteiger partial charge in [-0.2, -0.15) is 0 Å². The van der Waals surface area contributed by atoms with Crippen molar-refractivity contribution in [2.45, 2.75) is 31.9 Å². The minimum atomic E-state index is -0.385. The number of hydrogen-bond donors (Lipinski definition) is 2. The Morgan fingerprint density at radius 3 is 2.65 bits per heavy atom. The van der Waals surface area contributed by atoms with Crippen molar-refractivity contribution in [2.24, 2.45) is 5.73 Å². The van der Waals surface area contributed by atoms with Crippen LogP contribution in [0.3, 0.4) is 0 Å². The Hall–Kier alpha value is -0.720. The zero-order chi connectivity index (χ0) is 12.8. The second kappa shape index (κ2) is 6.88. The third-order valence-electron chi connectivity index (χ3n) is 3.04. The highest BCUT2D eigenvalue weighted by molar-refractivity contribution is 7.80. The van der Waals surface area contributed by atoms with Crippen LogP contribution in [-0.4, -0.2) is 54.7 Å². The summed E-state index contributed by atoms with van der Waals surface area (Å²) in [5.74, 6) is -0.0414. The van der Waals surface area contributed by atoms with Gasteiger partial charge in [-0.1, -0.05) is 12.2 Å². The number of amides is 1. The maximum absolute atomic E-state index is 11.6. The SMILES string of the molecule is COC(C)C(=O)NC1CCN(CC(N)=S)CC1. The quantitative estimate of drug-likeness (QED) is 0.674. The van der Waals surface area contributed by atoms with Gasteiger partial charge in [0.05, 0.1) is 4.99 Å². The second-order valence-corrected chi connectivity index (χ2v) is 4.93. The number of likely N-dealkylation sites (tertiary alicyclic amines) is 1. The first kappa shape index (κ1) is 14.3. The second-order valence-electron chi connectivity index (χ2n) is 4.40.